The molecule has 0 unspecified atom stereocenters. The number of para-hydroxylation sites is 3. The van der Waals surface area contributed by atoms with Crippen LogP contribution in [0.25, 0.3) is 21.3 Å². The summed E-state index contributed by atoms with van der Waals surface area (Å²) in [5.41, 5.74) is 4.73. The van der Waals surface area contributed by atoms with Crippen molar-refractivity contribution in [2.45, 2.75) is 0 Å². The van der Waals surface area contributed by atoms with Crippen LogP contribution in [-0.4, -0.2) is 9.97 Å². The Morgan fingerprint density at radius 3 is 2.68 bits per heavy atom. The maximum absolute atomic E-state index is 5.13. The molecular formula is C14H10N2OS2. The van der Waals surface area contributed by atoms with Crippen molar-refractivity contribution in [3.05, 3.63) is 58.9 Å². The SMILES string of the molecule is S=c1[nH]c2ccccc2o1.c1ccc2scnc2c1. The highest BCUT2D eigenvalue weighted by molar-refractivity contribution is 7.71. The smallest absolute Gasteiger partial charge is 0.266 e. The first kappa shape index (κ1) is 12.1. The van der Waals surface area contributed by atoms with Gasteiger partial charge in [-0.15, -0.1) is 11.3 Å². The number of benzene rings is 2. The Balaban J connectivity index is 0.000000117. The predicted octanol–water partition coefficient (Wildman–Crippen LogP) is 4.79. The molecule has 0 bridgehead atoms. The number of aromatic nitrogens is 2. The second-order valence-corrected chi connectivity index (χ2v) is 5.09. The summed E-state index contributed by atoms with van der Waals surface area (Å²) in [6.45, 7) is 0. The average molecular weight is 286 g/mol. The lowest BCUT2D eigenvalue weighted by Gasteiger charge is -1.80. The van der Waals surface area contributed by atoms with Crippen LogP contribution in [-0.2, 0) is 0 Å². The summed E-state index contributed by atoms with van der Waals surface area (Å²) < 4.78 is 6.39. The Bertz CT molecular complexity index is 794. The van der Waals surface area contributed by atoms with Crippen molar-refractivity contribution in [2.24, 2.45) is 0 Å². The summed E-state index contributed by atoms with van der Waals surface area (Å²) >= 11 is 6.47. The Morgan fingerprint density at radius 1 is 1.05 bits per heavy atom. The van der Waals surface area contributed by atoms with E-state index in [-0.39, 0.29) is 0 Å². The number of H-pyrrole nitrogens is 1. The zero-order valence-electron chi connectivity index (χ0n) is 9.87. The molecule has 0 atom stereocenters. The molecule has 0 fully saturated rings. The number of hydrogen-bond acceptors (Lipinski definition) is 4. The van der Waals surface area contributed by atoms with Crippen LogP contribution in [0.15, 0.2) is 58.5 Å². The van der Waals surface area contributed by atoms with Gasteiger partial charge >= 0.3 is 0 Å². The fourth-order valence-corrected chi connectivity index (χ4v) is 2.58. The van der Waals surface area contributed by atoms with Crippen molar-refractivity contribution in [3.8, 4) is 0 Å². The molecule has 0 saturated carbocycles. The summed E-state index contributed by atoms with van der Waals surface area (Å²) in [4.78, 5) is 7.48. The van der Waals surface area contributed by atoms with Crippen LogP contribution in [0.3, 0.4) is 0 Å². The van der Waals surface area contributed by atoms with Crippen molar-refractivity contribution >= 4 is 44.9 Å². The second-order valence-electron chi connectivity index (χ2n) is 3.83. The first-order chi connectivity index (χ1) is 9.33. The molecule has 19 heavy (non-hydrogen) atoms. The minimum absolute atomic E-state index is 0.432. The molecule has 0 aliphatic heterocycles. The molecular weight excluding hydrogens is 276 g/mol. The Morgan fingerprint density at radius 2 is 1.84 bits per heavy atom. The van der Waals surface area contributed by atoms with Crippen LogP contribution in [0.2, 0.25) is 0 Å². The summed E-state index contributed by atoms with van der Waals surface area (Å²) in [6, 6.07) is 15.8. The highest BCUT2D eigenvalue weighted by Gasteiger charge is 1.93. The lowest BCUT2D eigenvalue weighted by atomic mass is 10.3. The molecule has 0 aliphatic carbocycles. The first-order valence-electron chi connectivity index (χ1n) is 5.69. The van der Waals surface area contributed by atoms with E-state index in [9.17, 15) is 0 Å². The lowest BCUT2D eigenvalue weighted by molar-refractivity contribution is 0.583. The molecule has 0 aliphatic rings. The van der Waals surface area contributed by atoms with Crippen molar-refractivity contribution in [3.63, 3.8) is 0 Å². The number of fused-ring (bicyclic) bond motifs is 2. The number of thiazole rings is 1. The Labute approximate surface area is 118 Å². The van der Waals surface area contributed by atoms with Gasteiger partial charge in [-0.05, 0) is 36.5 Å². The number of rotatable bonds is 0. The highest BCUT2D eigenvalue weighted by Crippen LogP contribution is 2.15. The van der Waals surface area contributed by atoms with E-state index in [2.05, 4.69) is 16.0 Å². The molecule has 2 aromatic carbocycles. The minimum Gasteiger partial charge on any atom is -0.429 e. The van der Waals surface area contributed by atoms with E-state index < -0.39 is 0 Å². The van der Waals surface area contributed by atoms with Gasteiger partial charge in [0.05, 0.1) is 21.2 Å². The zero-order chi connectivity index (χ0) is 13.1. The van der Waals surface area contributed by atoms with Gasteiger partial charge in [0, 0.05) is 0 Å². The summed E-state index contributed by atoms with van der Waals surface area (Å²) in [7, 11) is 0. The van der Waals surface area contributed by atoms with Gasteiger partial charge in [0.1, 0.15) is 0 Å². The van der Waals surface area contributed by atoms with Gasteiger partial charge in [0.2, 0.25) is 0 Å². The highest BCUT2D eigenvalue weighted by atomic mass is 32.1. The van der Waals surface area contributed by atoms with Gasteiger partial charge in [-0.2, -0.15) is 0 Å². The molecule has 1 N–H and O–H groups in total. The zero-order valence-corrected chi connectivity index (χ0v) is 11.5. The fourth-order valence-electron chi connectivity index (χ4n) is 1.70. The van der Waals surface area contributed by atoms with Crippen molar-refractivity contribution in [1.29, 1.82) is 0 Å². The van der Waals surface area contributed by atoms with Crippen LogP contribution < -0.4 is 0 Å². The molecule has 0 saturated heterocycles. The van der Waals surface area contributed by atoms with Gasteiger partial charge in [-0.1, -0.05) is 24.3 Å². The number of aromatic amines is 1. The third-order valence-corrected chi connectivity index (χ3v) is 3.56. The summed E-state index contributed by atoms with van der Waals surface area (Å²) in [6.07, 6.45) is 0. The monoisotopic (exact) mass is 286 g/mol. The summed E-state index contributed by atoms with van der Waals surface area (Å²) in [5, 5.41) is 0. The van der Waals surface area contributed by atoms with E-state index in [1.807, 2.05) is 48.0 Å². The Kier molecular flexibility index (Phi) is 3.39. The van der Waals surface area contributed by atoms with E-state index in [0.29, 0.717) is 4.84 Å². The molecule has 2 aromatic heterocycles. The molecule has 4 aromatic rings. The van der Waals surface area contributed by atoms with Crippen LogP contribution in [0.1, 0.15) is 0 Å². The van der Waals surface area contributed by atoms with Crippen LogP contribution in [0.4, 0.5) is 0 Å². The second kappa shape index (κ2) is 5.34. The quantitative estimate of drug-likeness (QED) is 0.473. The van der Waals surface area contributed by atoms with Gasteiger partial charge in [0.15, 0.2) is 5.58 Å². The van der Waals surface area contributed by atoms with E-state index in [1.54, 1.807) is 11.3 Å². The minimum atomic E-state index is 0.432. The molecule has 5 heteroatoms. The average Bonchev–Trinajstić information content (AvgIpc) is 3.03. The van der Waals surface area contributed by atoms with Gasteiger partial charge < -0.3 is 9.40 Å². The first-order valence-corrected chi connectivity index (χ1v) is 6.98. The largest absolute Gasteiger partial charge is 0.429 e. The van der Waals surface area contributed by atoms with E-state index in [1.165, 1.54) is 4.70 Å². The van der Waals surface area contributed by atoms with Gasteiger partial charge in [0.25, 0.3) is 4.84 Å². The topological polar surface area (TPSA) is 41.8 Å². The normalized spacial score (nSPS) is 10.3. The molecule has 3 nitrogen and oxygen atoms in total. The molecule has 0 spiro atoms. The maximum atomic E-state index is 5.13. The third kappa shape index (κ3) is 2.72. The van der Waals surface area contributed by atoms with E-state index >= 15 is 0 Å². The maximum Gasteiger partial charge on any atom is 0.266 e. The molecule has 94 valence electrons. The number of oxazole rings is 1. The molecule has 2 heterocycles. The number of nitrogens with one attached hydrogen (secondary N) is 1. The molecule has 4 rings (SSSR count). The number of nitrogens with zero attached hydrogens (tertiary/aromatic N) is 1. The van der Waals surface area contributed by atoms with Crippen LogP contribution in [0.5, 0.6) is 0 Å². The predicted molar refractivity (Wildman–Crippen MR) is 81.0 cm³/mol. The van der Waals surface area contributed by atoms with E-state index in [0.717, 1.165) is 16.6 Å². The van der Waals surface area contributed by atoms with Crippen LogP contribution in [0, 0.1) is 4.84 Å². The molecule has 0 amide bonds. The van der Waals surface area contributed by atoms with Crippen molar-refractivity contribution in [1.82, 2.24) is 9.97 Å². The summed E-state index contributed by atoms with van der Waals surface area (Å²) in [5.74, 6) is 0. The number of hydrogen-bond donors (Lipinski definition) is 1. The Hall–Kier alpha value is -1.98. The van der Waals surface area contributed by atoms with Crippen molar-refractivity contribution < 1.29 is 4.42 Å². The third-order valence-electron chi connectivity index (χ3n) is 2.56. The standard InChI is InChI=1S/C7H5NOS.C7H5NS/c10-7-8-5-3-1-2-4-6(5)9-7;1-2-4-7-6(3-1)8-5-9-7/h1-4H,(H,8,10);1-5H. The fraction of sp³-hybridized carbons (Fsp3) is 0. The van der Waals surface area contributed by atoms with E-state index in [4.69, 9.17) is 16.6 Å². The van der Waals surface area contributed by atoms with Crippen molar-refractivity contribution in [2.75, 3.05) is 0 Å². The van der Waals surface area contributed by atoms with Gasteiger partial charge in [-0.25, -0.2) is 4.98 Å². The van der Waals surface area contributed by atoms with Gasteiger partial charge in [-0.3, -0.25) is 0 Å². The molecule has 0 radical (unpaired) electrons. The lowest BCUT2D eigenvalue weighted by Crippen LogP contribution is -1.62. The van der Waals surface area contributed by atoms with Crippen LogP contribution >= 0.6 is 23.6 Å².